The topological polar surface area (TPSA) is 50.4 Å². The summed E-state index contributed by atoms with van der Waals surface area (Å²) in [5, 5.41) is 4.18. The number of halogens is 4. The summed E-state index contributed by atoms with van der Waals surface area (Å²) >= 11 is 0. The smallest absolute Gasteiger partial charge is 0.405 e. The number of alkyl halides is 3. The Balaban J connectivity index is 2.44. The van der Waals surface area contributed by atoms with E-state index < -0.39 is 24.4 Å². The first kappa shape index (κ1) is 15.1. The van der Waals surface area contributed by atoms with Crippen LogP contribution in [-0.2, 0) is 4.79 Å². The van der Waals surface area contributed by atoms with Crippen LogP contribution in [-0.4, -0.2) is 32.3 Å². The molecule has 0 atom stereocenters. The van der Waals surface area contributed by atoms with Gasteiger partial charge in [-0.1, -0.05) is 0 Å². The highest BCUT2D eigenvalue weighted by molar-refractivity contribution is 5.80. The molecule has 1 aromatic carbocycles. The summed E-state index contributed by atoms with van der Waals surface area (Å²) in [6.45, 7) is -1.79. The van der Waals surface area contributed by atoms with Crippen LogP contribution in [0.15, 0.2) is 18.2 Å². The number of hydrogen-bond donors (Lipinski definition) is 2. The number of benzene rings is 1. The first-order chi connectivity index (χ1) is 8.81. The molecular weight excluding hydrogens is 268 g/mol. The molecule has 1 amide bonds. The number of nitrogens with one attached hydrogen (secondary N) is 2. The monoisotopic (exact) mass is 280 g/mol. The minimum absolute atomic E-state index is 0.0343. The molecule has 0 saturated carbocycles. The first-order valence-corrected chi connectivity index (χ1v) is 5.22. The quantitative estimate of drug-likeness (QED) is 0.810. The molecule has 0 saturated heterocycles. The molecule has 1 rings (SSSR count). The number of methoxy groups -OCH3 is 1. The molecule has 0 aliphatic heterocycles. The molecule has 0 aliphatic rings. The van der Waals surface area contributed by atoms with Crippen LogP contribution < -0.4 is 15.4 Å². The Morgan fingerprint density at radius 1 is 1.37 bits per heavy atom. The fourth-order valence-electron chi connectivity index (χ4n) is 1.22. The molecule has 8 heteroatoms. The molecule has 0 radical (unpaired) electrons. The van der Waals surface area contributed by atoms with E-state index in [0.717, 1.165) is 6.07 Å². The summed E-state index contributed by atoms with van der Waals surface area (Å²) in [7, 11) is 1.30. The van der Waals surface area contributed by atoms with Crippen LogP contribution in [0.2, 0.25) is 0 Å². The van der Waals surface area contributed by atoms with E-state index >= 15 is 0 Å². The van der Waals surface area contributed by atoms with Crippen LogP contribution in [0.1, 0.15) is 0 Å². The Bertz CT molecular complexity index is 449. The van der Waals surface area contributed by atoms with E-state index in [9.17, 15) is 22.4 Å². The van der Waals surface area contributed by atoms with Crippen molar-refractivity contribution < 1.29 is 27.1 Å². The zero-order valence-corrected chi connectivity index (χ0v) is 9.97. The first-order valence-electron chi connectivity index (χ1n) is 5.22. The number of ether oxygens (including phenoxy) is 1. The summed E-state index contributed by atoms with van der Waals surface area (Å²) < 4.78 is 53.4. The average Bonchev–Trinajstić information content (AvgIpc) is 2.33. The normalized spacial score (nSPS) is 11.0. The summed E-state index contributed by atoms with van der Waals surface area (Å²) in [6.07, 6.45) is -4.46. The second-order valence-electron chi connectivity index (χ2n) is 3.59. The number of anilines is 1. The van der Waals surface area contributed by atoms with Gasteiger partial charge in [-0.05, 0) is 12.1 Å². The predicted molar refractivity (Wildman–Crippen MR) is 60.5 cm³/mol. The molecule has 0 fully saturated rings. The van der Waals surface area contributed by atoms with E-state index in [-0.39, 0.29) is 18.0 Å². The molecule has 0 heterocycles. The van der Waals surface area contributed by atoms with Gasteiger partial charge in [0.2, 0.25) is 5.91 Å². The Hall–Kier alpha value is -1.99. The lowest BCUT2D eigenvalue weighted by atomic mass is 10.3. The van der Waals surface area contributed by atoms with Crippen molar-refractivity contribution in [3.8, 4) is 5.75 Å². The van der Waals surface area contributed by atoms with E-state index in [1.165, 1.54) is 19.2 Å². The third kappa shape index (κ3) is 5.45. The third-order valence-corrected chi connectivity index (χ3v) is 2.09. The fourth-order valence-corrected chi connectivity index (χ4v) is 1.22. The minimum Gasteiger partial charge on any atom is -0.494 e. The zero-order valence-electron chi connectivity index (χ0n) is 9.97. The maximum absolute atomic E-state index is 13.3. The van der Waals surface area contributed by atoms with Gasteiger partial charge in [0.15, 0.2) is 11.6 Å². The van der Waals surface area contributed by atoms with Gasteiger partial charge in [0, 0.05) is 11.8 Å². The summed E-state index contributed by atoms with van der Waals surface area (Å²) in [5.41, 5.74) is 0.264. The maximum atomic E-state index is 13.3. The molecule has 0 aromatic heterocycles. The molecule has 0 unspecified atom stereocenters. The number of rotatable bonds is 5. The molecule has 0 spiro atoms. The largest absolute Gasteiger partial charge is 0.494 e. The van der Waals surface area contributed by atoms with Gasteiger partial charge in [0.1, 0.15) is 6.54 Å². The van der Waals surface area contributed by atoms with Crippen molar-refractivity contribution >= 4 is 11.6 Å². The van der Waals surface area contributed by atoms with Crippen LogP contribution in [0.3, 0.4) is 0 Å². The fraction of sp³-hybridized carbons (Fsp3) is 0.364. The molecule has 19 heavy (non-hydrogen) atoms. The lowest BCUT2D eigenvalue weighted by Crippen LogP contribution is -2.37. The highest BCUT2D eigenvalue weighted by Crippen LogP contribution is 2.20. The highest BCUT2D eigenvalue weighted by Gasteiger charge is 2.27. The molecule has 1 aromatic rings. The SMILES string of the molecule is COc1ccc(NCC(=O)NCC(F)(F)F)cc1F. The van der Waals surface area contributed by atoms with Crippen LogP contribution in [0, 0.1) is 5.82 Å². The molecule has 0 bridgehead atoms. The van der Waals surface area contributed by atoms with Crippen molar-refractivity contribution in [1.29, 1.82) is 0 Å². The van der Waals surface area contributed by atoms with Crippen molar-refractivity contribution in [2.24, 2.45) is 0 Å². The van der Waals surface area contributed by atoms with Gasteiger partial charge in [-0.2, -0.15) is 13.2 Å². The Kier molecular flexibility index (Phi) is 4.96. The van der Waals surface area contributed by atoms with Gasteiger partial charge >= 0.3 is 6.18 Å². The summed E-state index contributed by atoms with van der Waals surface area (Å²) in [4.78, 5) is 11.1. The number of carbonyl (C=O) groups excluding carboxylic acids is 1. The second kappa shape index (κ2) is 6.26. The van der Waals surface area contributed by atoms with Crippen molar-refractivity contribution in [3.05, 3.63) is 24.0 Å². The zero-order chi connectivity index (χ0) is 14.5. The van der Waals surface area contributed by atoms with Gasteiger partial charge in [0.05, 0.1) is 13.7 Å². The lowest BCUT2D eigenvalue weighted by molar-refractivity contribution is -0.137. The maximum Gasteiger partial charge on any atom is 0.405 e. The Labute approximate surface area is 106 Å². The van der Waals surface area contributed by atoms with E-state index in [4.69, 9.17) is 4.74 Å². The number of hydrogen-bond acceptors (Lipinski definition) is 3. The Morgan fingerprint density at radius 2 is 2.05 bits per heavy atom. The minimum atomic E-state index is -4.46. The van der Waals surface area contributed by atoms with Crippen LogP contribution >= 0.6 is 0 Å². The molecule has 0 aliphatic carbocycles. The molecule has 2 N–H and O–H groups in total. The van der Waals surface area contributed by atoms with E-state index in [1.54, 1.807) is 5.32 Å². The molecule has 106 valence electrons. The second-order valence-corrected chi connectivity index (χ2v) is 3.59. The van der Waals surface area contributed by atoms with Crippen molar-refractivity contribution in [2.75, 3.05) is 25.5 Å². The highest BCUT2D eigenvalue weighted by atomic mass is 19.4. The van der Waals surface area contributed by atoms with Crippen molar-refractivity contribution in [2.45, 2.75) is 6.18 Å². The van der Waals surface area contributed by atoms with Gasteiger partial charge in [0.25, 0.3) is 0 Å². The lowest BCUT2D eigenvalue weighted by Gasteiger charge is -2.10. The number of carbonyl (C=O) groups is 1. The van der Waals surface area contributed by atoms with Crippen molar-refractivity contribution in [3.63, 3.8) is 0 Å². The van der Waals surface area contributed by atoms with Crippen LogP contribution in [0.5, 0.6) is 5.75 Å². The average molecular weight is 280 g/mol. The number of amides is 1. The molecule has 4 nitrogen and oxygen atoms in total. The third-order valence-electron chi connectivity index (χ3n) is 2.09. The van der Waals surface area contributed by atoms with E-state index in [1.807, 2.05) is 0 Å². The Morgan fingerprint density at radius 3 is 2.58 bits per heavy atom. The summed E-state index contributed by atoms with van der Waals surface area (Å²) in [6, 6.07) is 3.86. The van der Waals surface area contributed by atoms with Gasteiger partial charge in [-0.25, -0.2) is 4.39 Å². The standard InChI is InChI=1S/C11H12F4N2O2/c1-19-9-3-2-7(4-8(9)12)16-5-10(18)17-6-11(13,14)15/h2-4,16H,5-6H2,1H3,(H,17,18). The van der Waals surface area contributed by atoms with Crippen LogP contribution in [0.4, 0.5) is 23.2 Å². The van der Waals surface area contributed by atoms with Gasteiger partial charge in [-0.15, -0.1) is 0 Å². The predicted octanol–water partition coefficient (Wildman–Crippen LogP) is 1.92. The molecular formula is C11H12F4N2O2. The summed E-state index contributed by atoms with van der Waals surface area (Å²) in [5.74, 6) is -1.44. The van der Waals surface area contributed by atoms with Gasteiger partial charge < -0.3 is 15.4 Å². The van der Waals surface area contributed by atoms with Crippen LogP contribution in [0.25, 0.3) is 0 Å². The van der Waals surface area contributed by atoms with Crippen molar-refractivity contribution in [1.82, 2.24) is 5.32 Å². The van der Waals surface area contributed by atoms with Gasteiger partial charge in [-0.3, -0.25) is 4.79 Å². The van der Waals surface area contributed by atoms with E-state index in [2.05, 4.69) is 5.32 Å². The van der Waals surface area contributed by atoms with E-state index in [0.29, 0.717) is 0 Å².